The maximum atomic E-state index is 3.56. The van der Waals surface area contributed by atoms with E-state index in [0.717, 1.165) is 0 Å². The summed E-state index contributed by atoms with van der Waals surface area (Å²) in [5, 5.41) is 3.54. The Kier molecular flexibility index (Phi) is 1.97. The second-order valence-corrected chi connectivity index (χ2v) is 4.73. The van der Waals surface area contributed by atoms with Gasteiger partial charge in [-0.2, -0.15) is 0 Å². The van der Waals surface area contributed by atoms with Crippen LogP contribution in [0, 0.1) is 13.8 Å². The van der Waals surface area contributed by atoms with Gasteiger partial charge >= 0.3 is 0 Å². The zero-order valence-electron chi connectivity index (χ0n) is 7.02. The van der Waals surface area contributed by atoms with Crippen LogP contribution >= 0.6 is 27.3 Å². The average molecular weight is 241 g/mol. The highest BCUT2D eigenvalue weighted by Crippen LogP contribution is 2.32. The van der Waals surface area contributed by atoms with Crippen LogP contribution in [-0.2, 0) is 0 Å². The van der Waals surface area contributed by atoms with Gasteiger partial charge in [0.25, 0.3) is 0 Å². The molecule has 2 aromatic rings. The lowest BCUT2D eigenvalue weighted by atomic mass is 10.1. The first-order chi connectivity index (χ1) is 5.70. The lowest BCUT2D eigenvalue weighted by Gasteiger charge is -2.02. The molecule has 0 unspecified atom stereocenters. The van der Waals surface area contributed by atoms with E-state index in [1.165, 1.54) is 25.7 Å². The fourth-order valence-electron chi connectivity index (χ4n) is 1.39. The van der Waals surface area contributed by atoms with Crippen LogP contribution < -0.4 is 0 Å². The third-order valence-electron chi connectivity index (χ3n) is 2.13. The number of rotatable bonds is 0. The first-order valence-electron chi connectivity index (χ1n) is 3.83. The lowest BCUT2D eigenvalue weighted by molar-refractivity contribution is 1.44. The molecule has 0 atom stereocenters. The third kappa shape index (κ3) is 1.10. The largest absolute Gasteiger partial charge is 0.143 e. The van der Waals surface area contributed by atoms with Crippen molar-refractivity contribution in [2.45, 2.75) is 13.8 Å². The van der Waals surface area contributed by atoms with Crippen LogP contribution in [-0.4, -0.2) is 0 Å². The van der Waals surface area contributed by atoms with Gasteiger partial charge in [0.1, 0.15) is 0 Å². The van der Waals surface area contributed by atoms with Crippen molar-refractivity contribution >= 4 is 37.4 Å². The fourth-order valence-corrected chi connectivity index (χ4v) is 3.05. The standard InChI is InChI=1S/C10H9BrS/c1-6-5-9(11)7(2)10-8(6)3-4-12-10/h3-5H,1-2H3. The number of aryl methyl sites for hydroxylation is 2. The molecule has 2 rings (SSSR count). The smallest absolute Gasteiger partial charge is 0.0385 e. The number of thiophene rings is 1. The van der Waals surface area contributed by atoms with Crippen LogP contribution in [0.25, 0.3) is 10.1 Å². The number of fused-ring (bicyclic) bond motifs is 1. The third-order valence-corrected chi connectivity index (χ3v) is 3.99. The zero-order chi connectivity index (χ0) is 8.72. The zero-order valence-corrected chi connectivity index (χ0v) is 9.42. The van der Waals surface area contributed by atoms with Crippen molar-refractivity contribution in [3.05, 3.63) is 33.1 Å². The minimum absolute atomic E-state index is 1.22. The molecule has 62 valence electrons. The normalized spacial score (nSPS) is 10.9. The first-order valence-corrected chi connectivity index (χ1v) is 5.50. The summed E-state index contributed by atoms with van der Waals surface area (Å²) >= 11 is 5.37. The Morgan fingerprint density at radius 3 is 2.83 bits per heavy atom. The Morgan fingerprint density at radius 2 is 2.08 bits per heavy atom. The minimum atomic E-state index is 1.22. The van der Waals surface area contributed by atoms with Crippen LogP contribution in [0.15, 0.2) is 22.0 Å². The molecule has 0 aliphatic heterocycles. The molecule has 12 heavy (non-hydrogen) atoms. The van der Waals surface area contributed by atoms with Crippen LogP contribution in [0.3, 0.4) is 0 Å². The summed E-state index contributed by atoms with van der Waals surface area (Å²) in [6.45, 7) is 4.31. The molecule has 0 nitrogen and oxygen atoms in total. The van der Waals surface area contributed by atoms with Crippen molar-refractivity contribution in [2.24, 2.45) is 0 Å². The second kappa shape index (κ2) is 2.86. The highest BCUT2D eigenvalue weighted by molar-refractivity contribution is 9.10. The highest BCUT2D eigenvalue weighted by atomic mass is 79.9. The molecular weight excluding hydrogens is 232 g/mol. The molecule has 1 aromatic heterocycles. The molecule has 0 spiro atoms. The van der Waals surface area contributed by atoms with Gasteiger partial charge in [0.15, 0.2) is 0 Å². The number of halogens is 1. The molecule has 0 N–H and O–H groups in total. The predicted molar refractivity (Wildman–Crippen MR) is 59.0 cm³/mol. The molecule has 0 aliphatic rings. The van der Waals surface area contributed by atoms with Gasteiger partial charge in [-0.1, -0.05) is 15.9 Å². The summed E-state index contributed by atoms with van der Waals surface area (Å²) in [7, 11) is 0. The van der Waals surface area contributed by atoms with Crippen LogP contribution in [0.2, 0.25) is 0 Å². The van der Waals surface area contributed by atoms with Crippen molar-refractivity contribution < 1.29 is 0 Å². The highest BCUT2D eigenvalue weighted by Gasteiger charge is 2.04. The van der Waals surface area contributed by atoms with E-state index in [4.69, 9.17) is 0 Å². The second-order valence-electron chi connectivity index (χ2n) is 2.96. The van der Waals surface area contributed by atoms with Crippen molar-refractivity contribution in [2.75, 3.05) is 0 Å². The van der Waals surface area contributed by atoms with Crippen molar-refractivity contribution in [1.29, 1.82) is 0 Å². The summed E-state index contributed by atoms with van der Waals surface area (Å²) in [6.07, 6.45) is 0. The Hall–Kier alpha value is -0.340. The van der Waals surface area contributed by atoms with E-state index in [1.54, 1.807) is 0 Å². The molecular formula is C10H9BrS. The van der Waals surface area contributed by atoms with E-state index in [1.807, 2.05) is 11.3 Å². The number of hydrogen-bond acceptors (Lipinski definition) is 1. The Balaban J connectivity index is 2.97. The summed E-state index contributed by atoms with van der Waals surface area (Å²) < 4.78 is 2.62. The molecule has 1 heterocycles. The average Bonchev–Trinajstić information content (AvgIpc) is 2.48. The van der Waals surface area contributed by atoms with Crippen molar-refractivity contribution in [3.8, 4) is 0 Å². The van der Waals surface area contributed by atoms with E-state index >= 15 is 0 Å². The summed E-state index contributed by atoms with van der Waals surface area (Å²) in [5.41, 5.74) is 2.70. The van der Waals surface area contributed by atoms with Crippen molar-refractivity contribution in [1.82, 2.24) is 0 Å². The summed E-state index contributed by atoms with van der Waals surface area (Å²) in [5.74, 6) is 0. The first kappa shape index (κ1) is 8.27. The molecule has 0 bridgehead atoms. The number of hydrogen-bond donors (Lipinski definition) is 0. The SMILES string of the molecule is Cc1cc(Br)c(C)c2sccc12. The Bertz CT molecular complexity index is 429. The van der Waals surface area contributed by atoms with Crippen molar-refractivity contribution in [3.63, 3.8) is 0 Å². The molecule has 0 saturated heterocycles. The summed E-state index contributed by atoms with van der Waals surface area (Å²) in [6, 6.07) is 4.37. The quantitative estimate of drug-likeness (QED) is 0.645. The molecule has 1 aromatic carbocycles. The molecule has 0 radical (unpaired) electrons. The summed E-state index contributed by atoms with van der Waals surface area (Å²) in [4.78, 5) is 0. The van der Waals surface area contributed by atoms with Gasteiger partial charge in [0.2, 0.25) is 0 Å². The van der Waals surface area contributed by atoms with Gasteiger partial charge in [-0.25, -0.2) is 0 Å². The van der Waals surface area contributed by atoms with Gasteiger partial charge in [-0.05, 0) is 47.9 Å². The molecule has 0 aliphatic carbocycles. The minimum Gasteiger partial charge on any atom is -0.143 e. The molecule has 0 saturated carbocycles. The maximum Gasteiger partial charge on any atom is 0.0385 e. The Morgan fingerprint density at radius 1 is 1.33 bits per heavy atom. The van der Waals surface area contributed by atoms with E-state index in [9.17, 15) is 0 Å². The predicted octanol–water partition coefficient (Wildman–Crippen LogP) is 4.28. The van der Waals surface area contributed by atoms with Crippen LogP contribution in [0.4, 0.5) is 0 Å². The van der Waals surface area contributed by atoms with E-state index in [-0.39, 0.29) is 0 Å². The molecule has 2 heteroatoms. The van der Waals surface area contributed by atoms with E-state index in [2.05, 4.69) is 47.3 Å². The van der Waals surface area contributed by atoms with Gasteiger partial charge in [-0.3, -0.25) is 0 Å². The lowest BCUT2D eigenvalue weighted by Crippen LogP contribution is -1.79. The topological polar surface area (TPSA) is 0 Å². The molecule has 0 fully saturated rings. The fraction of sp³-hybridized carbons (Fsp3) is 0.200. The monoisotopic (exact) mass is 240 g/mol. The van der Waals surface area contributed by atoms with E-state index < -0.39 is 0 Å². The van der Waals surface area contributed by atoms with Crippen LogP contribution in [0.1, 0.15) is 11.1 Å². The maximum absolute atomic E-state index is 3.56. The van der Waals surface area contributed by atoms with Gasteiger partial charge in [-0.15, -0.1) is 11.3 Å². The van der Waals surface area contributed by atoms with E-state index in [0.29, 0.717) is 0 Å². The van der Waals surface area contributed by atoms with Gasteiger partial charge in [0.05, 0.1) is 0 Å². The molecule has 0 amide bonds. The van der Waals surface area contributed by atoms with Gasteiger partial charge in [0, 0.05) is 9.17 Å². The van der Waals surface area contributed by atoms with Crippen LogP contribution in [0.5, 0.6) is 0 Å². The van der Waals surface area contributed by atoms with Gasteiger partial charge < -0.3 is 0 Å². The Labute approximate surface area is 84.4 Å². The number of benzene rings is 1.